The highest BCUT2D eigenvalue weighted by molar-refractivity contribution is 5.31. The standard InChI is InChI=1S/C13H19FN2O/c1-10(16-7-5-15-6-8-16)12-9-11(17-2)3-4-13(12)14/h3-4,9-10,15H,5-8H2,1-2H3/t10-/m1/s1. The number of hydrogen-bond donors (Lipinski definition) is 1. The first-order valence-corrected chi connectivity index (χ1v) is 6.00. The van der Waals surface area contributed by atoms with Crippen molar-refractivity contribution in [3.63, 3.8) is 0 Å². The van der Waals surface area contributed by atoms with Crippen LogP contribution < -0.4 is 10.1 Å². The molecule has 0 bridgehead atoms. The lowest BCUT2D eigenvalue weighted by atomic mass is 10.1. The predicted octanol–water partition coefficient (Wildman–Crippen LogP) is 1.80. The van der Waals surface area contributed by atoms with Gasteiger partial charge in [0.15, 0.2) is 0 Å². The molecule has 3 nitrogen and oxygen atoms in total. The van der Waals surface area contributed by atoms with Crippen LogP contribution in [-0.4, -0.2) is 38.2 Å². The first-order valence-electron chi connectivity index (χ1n) is 6.00. The third-order valence-corrected chi connectivity index (χ3v) is 3.35. The molecule has 1 N–H and O–H groups in total. The Morgan fingerprint density at radius 1 is 1.35 bits per heavy atom. The summed E-state index contributed by atoms with van der Waals surface area (Å²) in [5.41, 5.74) is 0.714. The van der Waals surface area contributed by atoms with Gasteiger partial charge in [0.05, 0.1) is 7.11 Å². The van der Waals surface area contributed by atoms with Gasteiger partial charge < -0.3 is 10.1 Å². The number of ether oxygens (including phenoxy) is 1. The van der Waals surface area contributed by atoms with Crippen LogP contribution in [0.3, 0.4) is 0 Å². The summed E-state index contributed by atoms with van der Waals surface area (Å²) in [6.45, 7) is 5.89. The van der Waals surface area contributed by atoms with Crippen LogP contribution in [0.15, 0.2) is 18.2 Å². The summed E-state index contributed by atoms with van der Waals surface area (Å²) in [7, 11) is 1.60. The molecular weight excluding hydrogens is 219 g/mol. The lowest BCUT2D eigenvalue weighted by Gasteiger charge is -2.33. The number of hydrogen-bond acceptors (Lipinski definition) is 3. The molecule has 1 fully saturated rings. The zero-order valence-electron chi connectivity index (χ0n) is 10.4. The normalized spacial score (nSPS) is 19.0. The Morgan fingerprint density at radius 2 is 2.06 bits per heavy atom. The number of nitrogens with one attached hydrogen (secondary N) is 1. The lowest BCUT2D eigenvalue weighted by molar-refractivity contribution is 0.182. The zero-order valence-corrected chi connectivity index (χ0v) is 10.4. The molecular formula is C13H19FN2O. The molecule has 4 heteroatoms. The van der Waals surface area contributed by atoms with Crippen molar-refractivity contribution in [3.05, 3.63) is 29.6 Å². The smallest absolute Gasteiger partial charge is 0.128 e. The van der Waals surface area contributed by atoms with Crippen molar-refractivity contribution in [2.24, 2.45) is 0 Å². The molecule has 0 aromatic heterocycles. The quantitative estimate of drug-likeness (QED) is 0.869. The van der Waals surface area contributed by atoms with E-state index in [0.717, 1.165) is 26.2 Å². The van der Waals surface area contributed by atoms with Crippen molar-refractivity contribution < 1.29 is 9.13 Å². The van der Waals surface area contributed by atoms with E-state index in [-0.39, 0.29) is 11.9 Å². The fourth-order valence-electron chi connectivity index (χ4n) is 2.24. The Labute approximate surface area is 102 Å². The summed E-state index contributed by atoms with van der Waals surface area (Å²) in [6.07, 6.45) is 0. The second-order valence-electron chi connectivity index (χ2n) is 4.35. The molecule has 0 spiro atoms. The first-order chi connectivity index (χ1) is 8.22. The van der Waals surface area contributed by atoms with Gasteiger partial charge in [-0.2, -0.15) is 0 Å². The number of halogens is 1. The van der Waals surface area contributed by atoms with Crippen molar-refractivity contribution in [1.29, 1.82) is 0 Å². The molecule has 17 heavy (non-hydrogen) atoms. The molecule has 1 aromatic carbocycles. The van der Waals surface area contributed by atoms with Crippen molar-refractivity contribution in [2.45, 2.75) is 13.0 Å². The Kier molecular flexibility index (Phi) is 3.97. The lowest BCUT2D eigenvalue weighted by Crippen LogP contribution is -2.44. The van der Waals surface area contributed by atoms with Gasteiger partial charge in [-0.05, 0) is 25.1 Å². The maximum atomic E-state index is 13.8. The van der Waals surface area contributed by atoms with Gasteiger partial charge in [0, 0.05) is 37.8 Å². The van der Waals surface area contributed by atoms with Gasteiger partial charge in [-0.25, -0.2) is 4.39 Å². The maximum absolute atomic E-state index is 13.8. The van der Waals surface area contributed by atoms with Crippen LogP contribution in [0.4, 0.5) is 4.39 Å². The van der Waals surface area contributed by atoms with E-state index in [1.807, 2.05) is 6.92 Å². The average molecular weight is 238 g/mol. The van der Waals surface area contributed by atoms with Crippen molar-refractivity contribution >= 4 is 0 Å². The van der Waals surface area contributed by atoms with Gasteiger partial charge >= 0.3 is 0 Å². The second-order valence-corrected chi connectivity index (χ2v) is 4.35. The molecule has 1 saturated heterocycles. The monoisotopic (exact) mass is 238 g/mol. The molecule has 0 amide bonds. The van der Waals surface area contributed by atoms with Crippen LogP contribution in [0.25, 0.3) is 0 Å². The van der Waals surface area contributed by atoms with Gasteiger partial charge in [-0.15, -0.1) is 0 Å². The summed E-state index contributed by atoms with van der Waals surface area (Å²) in [5.74, 6) is 0.556. The number of piperazine rings is 1. The molecule has 1 atom stereocenters. The van der Waals surface area contributed by atoms with Gasteiger partial charge in [0.25, 0.3) is 0 Å². The fourth-order valence-corrected chi connectivity index (χ4v) is 2.24. The largest absolute Gasteiger partial charge is 0.497 e. The van der Waals surface area contributed by atoms with Crippen molar-refractivity contribution in [3.8, 4) is 5.75 Å². The van der Waals surface area contributed by atoms with Gasteiger partial charge in [0.2, 0.25) is 0 Å². The third-order valence-electron chi connectivity index (χ3n) is 3.35. The summed E-state index contributed by atoms with van der Waals surface area (Å²) in [5, 5.41) is 3.30. The summed E-state index contributed by atoms with van der Waals surface area (Å²) in [4.78, 5) is 2.29. The molecule has 1 aliphatic heterocycles. The van der Waals surface area contributed by atoms with Crippen molar-refractivity contribution in [1.82, 2.24) is 10.2 Å². The number of methoxy groups -OCH3 is 1. The average Bonchev–Trinajstić information content (AvgIpc) is 2.39. The summed E-state index contributed by atoms with van der Waals surface area (Å²) in [6, 6.07) is 5.02. The second kappa shape index (κ2) is 5.47. The fraction of sp³-hybridized carbons (Fsp3) is 0.538. The number of benzene rings is 1. The molecule has 2 rings (SSSR count). The molecule has 0 aliphatic carbocycles. The minimum Gasteiger partial charge on any atom is -0.497 e. The highest BCUT2D eigenvalue weighted by atomic mass is 19.1. The molecule has 0 unspecified atom stereocenters. The summed E-state index contributed by atoms with van der Waals surface area (Å²) < 4.78 is 19.0. The minimum absolute atomic E-state index is 0.0900. The summed E-state index contributed by atoms with van der Waals surface area (Å²) >= 11 is 0. The van der Waals surface area contributed by atoms with E-state index in [9.17, 15) is 4.39 Å². The predicted molar refractivity (Wildman–Crippen MR) is 65.8 cm³/mol. The Bertz CT molecular complexity index is 378. The topological polar surface area (TPSA) is 24.5 Å². The van der Waals surface area contributed by atoms with E-state index in [2.05, 4.69) is 10.2 Å². The molecule has 94 valence electrons. The minimum atomic E-state index is -0.156. The highest BCUT2D eigenvalue weighted by Crippen LogP contribution is 2.26. The van der Waals surface area contributed by atoms with Crippen LogP contribution >= 0.6 is 0 Å². The van der Waals surface area contributed by atoms with E-state index in [1.165, 1.54) is 6.07 Å². The van der Waals surface area contributed by atoms with E-state index in [0.29, 0.717) is 11.3 Å². The van der Waals surface area contributed by atoms with Crippen LogP contribution in [0, 0.1) is 5.82 Å². The van der Waals surface area contributed by atoms with Gasteiger partial charge in [-0.1, -0.05) is 0 Å². The van der Waals surface area contributed by atoms with Crippen LogP contribution in [0.5, 0.6) is 5.75 Å². The van der Waals surface area contributed by atoms with Gasteiger partial charge in [-0.3, -0.25) is 4.90 Å². The highest BCUT2D eigenvalue weighted by Gasteiger charge is 2.20. The van der Waals surface area contributed by atoms with Crippen LogP contribution in [0.2, 0.25) is 0 Å². The van der Waals surface area contributed by atoms with E-state index in [1.54, 1.807) is 19.2 Å². The Balaban J connectivity index is 2.19. The number of nitrogens with zero attached hydrogens (tertiary/aromatic N) is 1. The van der Waals surface area contributed by atoms with Crippen LogP contribution in [-0.2, 0) is 0 Å². The van der Waals surface area contributed by atoms with Crippen molar-refractivity contribution in [2.75, 3.05) is 33.3 Å². The van der Waals surface area contributed by atoms with Crippen LogP contribution in [0.1, 0.15) is 18.5 Å². The molecule has 1 heterocycles. The first kappa shape index (κ1) is 12.3. The van der Waals surface area contributed by atoms with E-state index < -0.39 is 0 Å². The molecule has 0 saturated carbocycles. The van der Waals surface area contributed by atoms with E-state index in [4.69, 9.17) is 4.74 Å². The molecule has 1 aliphatic rings. The Hall–Kier alpha value is -1.13. The number of rotatable bonds is 3. The SMILES string of the molecule is COc1ccc(F)c([C@@H](C)N2CCNCC2)c1. The zero-order chi connectivity index (χ0) is 12.3. The Morgan fingerprint density at radius 3 is 2.71 bits per heavy atom. The maximum Gasteiger partial charge on any atom is 0.128 e. The molecule has 1 aromatic rings. The third kappa shape index (κ3) is 2.76. The van der Waals surface area contributed by atoms with Gasteiger partial charge in [0.1, 0.15) is 11.6 Å². The molecule has 0 radical (unpaired) electrons. The van der Waals surface area contributed by atoms with E-state index >= 15 is 0 Å².